The van der Waals surface area contributed by atoms with Gasteiger partial charge in [0.1, 0.15) is 0 Å². The van der Waals surface area contributed by atoms with E-state index in [-0.39, 0.29) is 23.6 Å². The molecule has 28 heavy (non-hydrogen) atoms. The molecular formula is C19H19ClN2O5S. The first-order valence-electron chi connectivity index (χ1n) is 8.16. The van der Waals surface area contributed by atoms with Crippen molar-refractivity contribution in [2.45, 2.75) is 11.3 Å². The number of primary amides is 1. The van der Waals surface area contributed by atoms with Gasteiger partial charge < -0.3 is 20.5 Å². The van der Waals surface area contributed by atoms with E-state index in [9.17, 15) is 14.4 Å². The Kier molecular flexibility index (Phi) is 7.71. The summed E-state index contributed by atoms with van der Waals surface area (Å²) in [5.41, 5.74) is 5.71. The van der Waals surface area contributed by atoms with Crippen molar-refractivity contribution in [3.63, 3.8) is 0 Å². The molecule has 2 aromatic rings. The first-order chi connectivity index (χ1) is 13.3. The lowest BCUT2D eigenvalue weighted by molar-refractivity contribution is -0.117. The van der Waals surface area contributed by atoms with Gasteiger partial charge in [0.05, 0.1) is 19.8 Å². The topological polar surface area (TPSA) is 108 Å². The summed E-state index contributed by atoms with van der Waals surface area (Å²) < 4.78 is 10.4. The normalized spacial score (nSPS) is 10.2. The van der Waals surface area contributed by atoms with Crippen molar-refractivity contribution in [2.75, 3.05) is 20.8 Å². The van der Waals surface area contributed by atoms with Gasteiger partial charge in [-0.2, -0.15) is 0 Å². The summed E-state index contributed by atoms with van der Waals surface area (Å²) in [6.07, 6.45) is 0.0202. The standard InChI is InChI=1S/C19H19ClN2O5S/c1-26-14-6-3-11(9-15(14)27-2)19(25)28-16-10-12(20)4-5-13(16)18(24)22-8-7-17(21)23/h3-6,9-10H,7-8H2,1-2H3,(H2,21,23)(H,22,24). The van der Waals surface area contributed by atoms with Gasteiger partial charge in [0.2, 0.25) is 11.0 Å². The van der Waals surface area contributed by atoms with Gasteiger partial charge in [0.25, 0.3) is 5.91 Å². The minimum atomic E-state index is -0.519. The van der Waals surface area contributed by atoms with Crippen LogP contribution in [0, 0.1) is 0 Å². The van der Waals surface area contributed by atoms with E-state index in [1.54, 1.807) is 24.3 Å². The van der Waals surface area contributed by atoms with Gasteiger partial charge in [-0.25, -0.2) is 0 Å². The summed E-state index contributed by atoms with van der Waals surface area (Å²) in [6, 6.07) is 9.40. The summed E-state index contributed by atoms with van der Waals surface area (Å²) in [5.74, 6) is -0.0269. The van der Waals surface area contributed by atoms with Crippen molar-refractivity contribution in [1.29, 1.82) is 0 Å². The molecule has 2 amide bonds. The molecule has 7 nitrogen and oxygen atoms in total. The Morgan fingerprint density at radius 1 is 1.07 bits per heavy atom. The molecule has 0 fully saturated rings. The number of benzene rings is 2. The van der Waals surface area contributed by atoms with Gasteiger partial charge in [-0.15, -0.1) is 0 Å². The van der Waals surface area contributed by atoms with Crippen molar-refractivity contribution in [2.24, 2.45) is 5.73 Å². The summed E-state index contributed by atoms with van der Waals surface area (Å²) in [5, 5.41) is 2.68. The van der Waals surface area contributed by atoms with Gasteiger partial charge in [0, 0.05) is 28.4 Å². The lowest BCUT2D eigenvalue weighted by atomic mass is 10.2. The smallest absolute Gasteiger partial charge is 0.252 e. The average Bonchev–Trinajstić information content (AvgIpc) is 2.67. The molecule has 148 valence electrons. The van der Waals surface area contributed by atoms with E-state index in [0.29, 0.717) is 27.0 Å². The fraction of sp³-hybridized carbons (Fsp3) is 0.211. The van der Waals surface area contributed by atoms with Crippen molar-refractivity contribution in [3.05, 3.63) is 52.5 Å². The van der Waals surface area contributed by atoms with Crippen LogP contribution in [0.15, 0.2) is 41.3 Å². The number of ether oxygens (including phenoxy) is 2. The summed E-state index contributed by atoms with van der Waals surface area (Å²) >= 11 is 6.90. The molecule has 3 N–H and O–H groups in total. The van der Waals surface area contributed by atoms with Crippen LogP contribution in [0.4, 0.5) is 0 Å². The van der Waals surface area contributed by atoms with Gasteiger partial charge in [0.15, 0.2) is 11.5 Å². The second kappa shape index (κ2) is 10.0. The largest absolute Gasteiger partial charge is 0.493 e. The maximum atomic E-state index is 12.7. The van der Waals surface area contributed by atoms with Crippen LogP contribution >= 0.6 is 23.4 Å². The minimum absolute atomic E-state index is 0.0202. The number of hydrogen-bond donors (Lipinski definition) is 2. The van der Waals surface area contributed by atoms with Gasteiger partial charge in [-0.3, -0.25) is 14.4 Å². The third kappa shape index (κ3) is 5.64. The molecule has 0 spiro atoms. The average molecular weight is 423 g/mol. The van der Waals surface area contributed by atoms with Crippen molar-refractivity contribution < 1.29 is 23.9 Å². The van der Waals surface area contributed by atoms with Crippen molar-refractivity contribution >= 4 is 40.3 Å². The Morgan fingerprint density at radius 3 is 2.43 bits per heavy atom. The Labute approximate surface area is 171 Å². The van der Waals surface area contributed by atoms with Crippen LogP contribution in [0.1, 0.15) is 27.1 Å². The number of hydrogen-bond acceptors (Lipinski definition) is 6. The number of amides is 2. The molecule has 0 aliphatic heterocycles. The molecular weight excluding hydrogens is 404 g/mol. The van der Waals surface area contributed by atoms with Gasteiger partial charge in [-0.05, 0) is 48.2 Å². The third-order valence-corrected chi connectivity index (χ3v) is 4.88. The van der Waals surface area contributed by atoms with Crippen molar-refractivity contribution in [1.82, 2.24) is 5.32 Å². The molecule has 0 aromatic heterocycles. The fourth-order valence-electron chi connectivity index (χ4n) is 2.28. The number of nitrogens with one attached hydrogen (secondary N) is 1. The van der Waals surface area contributed by atoms with Crippen LogP contribution in [0.5, 0.6) is 11.5 Å². The Balaban J connectivity index is 2.23. The number of methoxy groups -OCH3 is 2. The van der Waals surface area contributed by atoms with E-state index in [1.807, 2.05) is 0 Å². The van der Waals surface area contributed by atoms with Crippen LogP contribution in [0.25, 0.3) is 0 Å². The molecule has 0 heterocycles. The molecule has 0 radical (unpaired) electrons. The second-order valence-electron chi connectivity index (χ2n) is 5.57. The number of carbonyl (C=O) groups excluding carboxylic acids is 3. The van der Waals surface area contributed by atoms with E-state index in [1.165, 1.54) is 26.4 Å². The molecule has 9 heteroatoms. The first kappa shape index (κ1) is 21.6. The highest BCUT2D eigenvalue weighted by atomic mass is 35.5. The maximum absolute atomic E-state index is 12.7. The minimum Gasteiger partial charge on any atom is -0.493 e. The fourth-order valence-corrected chi connectivity index (χ4v) is 3.42. The lowest BCUT2D eigenvalue weighted by Gasteiger charge is -2.11. The Bertz CT molecular complexity index is 904. The van der Waals surface area contributed by atoms with Crippen LogP contribution in [0.2, 0.25) is 5.02 Å². The molecule has 0 unspecified atom stereocenters. The molecule has 0 bridgehead atoms. The van der Waals surface area contributed by atoms with Crippen LogP contribution in [0.3, 0.4) is 0 Å². The number of rotatable bonds is 8. The lowest BCUT2D eigenvalue weighted by Crippen LogP contribution is -2.28. The summed E-state index contributed by atoms with van der Waals surface area (Å²) in [6.45, 7) is 0.102. The number of nitrogens with two attached hydrogens (primary N) is 1. The van der Waals surface area contributed by atoms with E-state index < -0.39 is 11.8 Å². The highest BCUT2D eigenvalue weighted by Crippen LogP contribution is 2.33. The van der Waals surface area contributed by atoms with Gasteiger partial charge >= 0.3 is 0 Å². The zero-order valence-corrected chi connectivity index (χ0v) is 16.9. The molecule has 2 aromatic carbocycles. The monoisotopic (exact) mass is 422 g/mol. The zero-order valence-electron chi connectivity index (χ0n) is 15.3. The Hall–Kier alpha value is -2.71. The number of carbonyl (C=O) groups is 3. The summed E-state index contributed by atoms with van der Waals surface area (Å²) in [7, 11) is 2.98. The molecule has 0 aliphatic carbocycles. The zero-order chi connectivity index (χ0) is 20.7. The molecule has 0 saturated carbocycles. The molecule has 0 aliphatic rings. The molecule has 0 saturated heterocycles. The van der Waals surface area contributed by atoms with Crippen LogP contribution in [-0.2, 0) is 4.79 Å². The first-order valence-corrected chi connectivity index (χ1v) is 9.35. The highest BCUT2D eigenvalue weighted by Gasteiger charge is 2.18. The quantitative estimate of drug-likeness (QED) is 0.633. The number of halogens is 1. The van der Waals surface area contributed by atoms with Crippen LogP contribution < -0.4 is 20.5 Å². The van der Waals surface area contributed by atoms with E-state index in [2.05, 4.69) is 5.32 Å². The summed E-state index contributed by atoms with van der Waals surface area (Å²) in [4.78, 5) is 36.3. The van der Waals surface area contributed by atoms with Crippen molar-refractivity contribution in [3.8, 4) is 11.5 Å². The molecule has 2 rings (SSSR count). The van der Waals surface area contributed by atoms with Crippen LogP contribution in [-0.4, -0.2) is 37.7 Å². The van der Waals surface area contributed by atoms with E-state index >= 15 is 0 Å². The SMILES string of the molecule is COc1ccc(C(=O)Sc2cc(Cl)ccc2C(=O)NCCC(N)=O)cc1OC. The van der Waals surface area contributed by atoms with E-state index in [0.717, 1.165) is 11.8 Å². The predicted molar refractivity (Wildman–Crippen MR) is 107 cm³/mol. The maximum Gasteiger partial charge on any atom is 0.252 e. The van der Waals surface area contributed by atoms with Gasteiger partial charge in [-0.1, -0.05) is 11.6 Å². The number of thioether (sulfide) groups is 1. The predicted octanol–water partition coefficient (Wildman–Crippen LogP) is 2.89. The van der Waals surface area contributed by atoms with E-state index in [4.69, 9.17) is 26.8 Å². The Morgan fingerprint density at radius 2 is 1.79 bits per heavy atom. The second-order valence-corrected chi connectivity index (χ2v) is 7.02. The third-order valence-electron chi connectivity index (χ3n) is 3.67. The highest BCUT2D eigenvalue weighted by molar-refractivity contribution is 8.14. The molecule has 0 atom stereocenters.